The molecule has 1 unspecified atom stereocenters. The van der Waals surface area contributed by atoms with Crippen molar-refractivity contribution >= 4 is 5.97 Å². The van der Waals surface area contributed by atoms with Crippen molar-refractivity contribution < 1.29 is 9.90 Å². The maximum absolute atomic E-state index is 10.8. The highest BCUT2D eigenvalue weighted by Gasteiger charge is 2.12. The summed E-state index contributed by atoms with van der Waals surface area (Å²) in [4.78, 5) is 15.0. The van der Waals surface area contributed by atoms with Gasteiger partial charge in [0, 0.05) is 18.0 Å². The Bertz CT molecular complexity index is 537. The van der Waals surface area contributed by atoms with Gasteiger partial charge in [0.05, 0.1) is 5.92 Å². The van der Waals surface area contributed by atoms with E-state index in [4.69, 9.17) is 5.11 Å². The van der Waals surface area contributed by atoms with Gasteiger partial charge in [-0.15, -0.1) is 0 Å². The lowest BCUT2D eigenvalue weighted by atomic mass is 10.00. The molecule has 1 atom stereocenters. The Morgan fingerprint density at radius 3 is 2.61 bits per heavy atom. The summed E-state index contributed by atoms with van der Waals surface area (Å²) in [6.07, 6.45) is 4.03. The number of rotatable bonds is 4. The maximum Gasteiger partial charge on any atom is 0.306 e. The second-order valence-corrected chi connectivity index (χ2v) is 4.39. The van der Waals surface area contributed by atoms with Gasteiger partial charge in [-0.25, -0.2) is 0 Å². The summed E-state index contributed by atoms with van der Waals surface area (Å²) in [7, 11) is 0. The van der Waals surface area contributed by atoms with Crippen LogP contribution in [-0.4, -0.2) is 16.1 Å². The lowest BCUT2D eigenvalue weighted by Crippen LogP contribution is -2.12. The summed E-state index contributed by atoms with van der Waals surface area (Å²) in [5, 5.41) is 8.91. The predicted octanol–water partition coefficient (Wildman–Crippen LogP) is 3.01. The minimum absolute atomic E-state index is 0.391. The number of benzene rings is 1. The molecule has 0 aliphatic heterocycles. The first-order chi connectivity index (χ1) is 8.66. The molecule has 1 N–H and O–H groups in total. The highest BCUT2D eigenvalue weighted by atomic mass is 16.4. The zero-order valence-corrected chi connectivity index (χ0v) is 10.2. The van der Waals surface area contributed by atoms with Gasteiger partial charge in [0.25, 0.3) is 0 Å². The largest absolute Gasteiger partial charge is 0.481 e. The predicted molar refractivity (Wildman–Crippen MR) is 70.2 cm³/mol. The smallest absolute Gasteiger partial charge is 0.306 e. The number of pyridine rings is 1. The van der Waals surface area contributed by atoms with Crippen molar-refractivity contribution in [2.75, 3.05) is 0 Å². The molecule has 0 bridgehead atoms. The molecule has 0 saturated carbocycles. The molecule has 2 aromatic rings. The summed E-state index contributed by atoms with van der Waals surface area (Å²) in [5.74, 6) is -1.17. The van der Waals surface area contributed by atoms with Gasteiger partial charge in [-0.3, -0.25) is 9.78 Å². The van der Waals surface area contributed by atoms with Crippen molar-refractivity contribution in [3.63, 3.8) is 0 Å². The molecule has 0 amide bonds. The minimum atomic E-state index is -0.778. The third kappa shape index (κ3) is 2.94. The van der Waals surface area contributed by atoms with Crippen molar-refractivity contribution in [1.29, 1.82) is 0 Å². The summed E-state index contributed by atoms with van der Waals surface area (Å²) in [5.41, 5.74) is 3.06. The molecule has 0 aliphatic carbocycles. The van der Waals surface area contributed by atoms with Gasteiger partial charge in [0.2, 0.25) is 0 Å². The van der Waals surface area contributed by atoms with Gasteiger partial charge in [0.15, 0.2) is 0 Å². The number of carboxylic acid groups (broad SMARTS) is 1. The molecular weight excluding hydrogens is 226 g/mol. The van der Waals surface area contributed by atoms with Crippen molar-refractivity contribution in [2.24, 2.45) is 5.92 Å². The fraction of sp³-hybridized carbons (Fsp3) is 0.200. The lowest BCUT2D eigenvalue weighted by Gasteiger charge is -2.07. The topological polar surface area (TPSA) is 50.2 Å². The Labute approximate surface area is 106 Å². The first-order valence-electron chi connectivity index (χ1n) is 5.89. The van der Waals surface area contributed by atoms with E-state index >= 15 is 0 Å². The molecular formula is C15H15NO2. The van der Waals surface area contributed by atoms with Crippen LogP contribution in [0.5, 0.6) is 0 Å². The number of aromatic nitrogens is 1. The second-order valence-electron chi connectivity index (χ2n) is 4.39. The van der Waals surface area contributed by atoms with Crippen LogP contribution in [0.25, 0.3) is 11.1 Å². The number of hydrogen-bond donors (Lipinski definition) is 1. The quantitative estimate of drug-likeness (QED) is 0.895. The first kappa shape index (κ1) is 12.3. The Morgan fingerprint density at radius 1 is 1.22 bits per heavy atom. The third-order valence-electron chi connectivity index (χ3n) is 2.87. The molecule has 0 spiro atoms. The van der Waals surface area contributed by atoms with Crippen LogP contribution >= 0.6 is 0 Å². The van der Waals surface area contributed by atoms with Gasteiger partial charge in [-0.2, -0.15) is 0 Å². The van der Waals surface area contributed by atoms with Crippen molar-refractivity contribution in [3.05, 3.63) is 54.4 Å². The average molecular weight is 241 g/mol. The van der Waals surface area contributed by atoms with E-state index in [1.165, 1.54) is 0 Å². The van der Waals surface area contributed by atoms with Crippen molar-refractivity contribution in [2.45, 2.75) is 13.3 Å². The molecule has 0 saturated heterocycles. The van der Waals surface area contributed by atoms with Crippen molar-refractivity contribution in [3.8, 4) is 11.1 Å². The second kappa shape index (κ2) is 5.45. The Balaban J connectivity index is 2.23. The fourth-order valence-corrected chi connectivity index (χ4v) is 1.83. The van der Waals surface area contributed by atoms with Crippen LogP contribution in [-0.2, 0) is 11.2 Å². The molecule has 3 nitrogen and oxygen atoms in total. The van der Waals surface area contributed by atoms with E-state index in [1.807, 2.05) is 36.4 Å². The standard InChI is InChI=1S/C15H15NO2/c1-11(15(17)18)7-12-8-14(10-16-9-12)13-5-3-2-4-6-13/h2-6,8-11H,7H2,1H3,(H,17,18). The van der Waals surface area contributed by atoms with Gasteiger partial charge in [-0.1, -0.05) is 37.3 Å². The third-order valence-corrected chi connectivity index (χ3v) is 2.87. The number of carboxylic acids is 1. The van der Waals surface area contributed by atoms with Crippen LogP contribution in [0.1, 0.15) is 12.5 Å². The lowest BCUT2D eigenvalue weighted by molar-refractivity contribution is -0.141. The van der Waals surface area contributed by atoms with Crippen LogP contribution in [0.4, 0.5) is 0 Å². The molecule has 2 rings (SSSR count). The molecule has 18 heavy (non-hydrogen) atoms. The van der Waals surface area contributed by atoms with E-state index < -0.39 is 11.9 Å². The Kier molecular flexibility index (Phi) is 3.72. The first-order valence-corrected chi connectivity index (χ1v) is 5.89. The van der Waals surface area contributed by atoms with Crippen LogP contribution in [0.3, 0.4) is 0 Å². The summed E-state index contributed by atoms with van der Waals surface area (Å²) in [6.45, 7) is 1.71. The molecule has 92 valence electrons. The number of hydrogen-bond acceptors (Lipinski definition) is 2. The van der Waals surface area contributed by atoms with Gasteiger partial charge < -0.3 is 5.11 Å². The number of carbonyl (C=O) groups is 1. The van der Waals surface area contributed by atoms with Crippen LogP contribution in [0.2, 0.25) is 0 Å². The SMILES string of the molecule is CC(Cc1cncc(-c2ccccc2)c1)C(=O)O. The molecule has 1 aromatic heterocycles. The number of nitrogens with zero attached hydrogens (tertiary/aromatic N) is 1. The van der Waals surface area contributed by atoms with E-state index in [1.54, 1.807) is 19.3 Å². The molecule has 0 aliphatic rings. The van der Waals surface area contributed by atoms with E-state index in [0.29, 0.717) is 6.42 Å². The van der Waals surface area contributed by atoms with Crippen molar-refractivity contribution in [1.82, 2.24) is 4.98 Å². The average Bonchev–Trinajstić information content (AvgIpc) is 2.40. The summed E-state index contributed by atoms with van der Waals surface area (Å²) >= 11 is 0. The van der Waals surface area contributed by atoms with E-state index in [2.05, 4.69) is 4.98 Å². The Hall–Kier alpha value is -2.16. The van der Waals surface area contributed by atoms with E-state index in [0.717, 1.165) is 16.7 Å². The highest BCUT2D eigenvalue weighted by Crippen LogP contribution is 2.20. The van der Waals surface area contributed by atoms with E-state index in [-0.39, 0.29) is 0 Å². The number of aliphatic carboxylic acids is 1. The Morgan fingerprint density at radius 2 is 1.94 bits per heavy atom. The van der Waals surface area contributed by atoms with Crippen LogP contribution < -0.4 is 0 Å². The summed E-state index contributed by atoms with van der Waals surface area (Å²) in [6, 6.07) is 11.9. The van der Waals surface area contributed by atoms with Gasteiger partial charge in [-0.05, 0) is 23.6 Å². The monoisotopic (exact) mass is 241 g/mol. The molecule has 0 radical (unpaired) electrons. The zero-order valence-electron chi connectivity index (χ0n) is 10.2. The molecule has 0 fully saturated rings. The fourth-order valence-electron chi connectivity index (χ4n) is 1.83. The van der Waals surface area contributed by atoms with Gasteiger partial charge >= 0.3 is 5.97 Å². The van der Waals surface area contributed by atoms with Gasteiger partial charge in [0.1, 0.15) is 0 Å². The molecule has 1 aromatic carbocycles. The maximum atomic E-state index is 10.8. The normalized spacial score (nSPS) is 12.1. The van der Waals surface area contributed by atoms with Crippen LogP contribution in [0, 0.1) is 5.92 Å². The zero-order chi connectivity index (χ0) is 13.0. The molecule has 1 heterocycles. The minimum Gasteiger partial charge on any atom is -0.481 e. The highest BCUT2D eigenvalue weighted by molar-refractivity contribution is 5.70. The van der Waals surface area contributed by atoms with Crippen LogP contribution in [0.15, 0.2) is 48.8 Å². The summed E-state index contributed by atoms with van der Waals surface area (Å²) < 4.78 is 0. The molecule has 3 heteroatoms. The van der Waals surface area contributed by atoms with E-state index in [9.17, 15) is 4.79 Å².